The first-order chi connectivity index (χ1) is 8.74. The lowest BCUT2D eigenvalue weighted by molar-refractivity contribution is -0.133. The van der Waals surface area contributed by atoms with E-state index in [-0.39, 0.29) is 18.0 Å². The van der Waals surface area contributed by atoms with Crippen LogP contribution in [0.1, 0.15) is 44.2 Å². The predicted octanol–water partition coefficient (Wildman–Crippen LogP) is 2.48. The molecule has 2 unspecified atom stereocenters. The average Bonchev–Trinajstić information content (AvgIpc) is 2.51. The molecular formula is C15H22N2O. The summed E-state index contributed by atoms with van der Waals surface area (Å²) >= 11 is 0. The van der Waals surface area contributed by atoms with Gasteiger partial charge in [-0.05, 0) is 24.8 Å². The summed E-state index contributed by atoms with van der Waals surface area (Å²) in [6.07, 6.45) is 3.44. The minimum atomic E-state index is 0.0427. The largest absolute Gasteiger partial charge is 0.334 e. The minimum Gasteiger partial charge on any atom is -0.334 e. The van der Waals surface area contributed by atoms with Crippen molar-refractivity contribution in [2.24, 2.45) is 5.73 Å². The Morgan fingerprint density at radius 3 is 2.72 bits per heavy atom. The maximum absolute atomic E-state index is 12.2. The Labute approximate surface area is 109 Å². The maximum atomic E-state index is 12.2. The van der Waals surface area contributed by atoms with E-state index in [1.807, 2.05) is 23.1 Å². The zero-order valence-corrected chi connectivity index (χ0v) is 11.0. The highest BCUT2D eigenvalue weighted by Crippen LogP contribution is 2.30. The van der Waals surface area contributed by atoms with Crippen LogP contribution in [0.5, 0.6) is 0 Å². The molecular weight excluding hydrogens is 224 g/mol. The number of hydrogen-bond acceptors (Lipinski definition) is 2. The van der Waals surface area contributed by atoms with Crippen molar-refractivity contribution in [3.05, 3.63) is 35.9 Å². The molecule has 18 heavy (non-hydrogen) atoms. The van der Waals surface area contributed by atoms with Crippen molar-refractivity contribution in [2.45, 2.75) is 44.7 Å². The molecule has 1 heterocycles. The van der Waals surface area contributed by atoms with Crippen molar-refractivity contribution >= 4 is 5.91 Å². The van der Waals surface area contributed by atoms with E-state index in [9.17, 15) is 4.79 Å². The number of carbonyl (C=O) groups is 1. The number of rotatable bonds is 3. The lowest BCUT2D eigenvalue weighted by Crippen LogP contribution is -2.42. The number of hydrogen-bond donors (Lipinski definition) is 1. The predicted molar refractivity (Wildman–Crippen MR) is 73.0 cm³/mol. The zero-order valence-electron chi connectivity index (χ0n) is 11.0. The van der Waals surface area contributed by atoms with Gasteiger partial charge in [0.2, 0.25) is 5.91 Å². The first-order valence-electron chi connectivity index (χ1n) is 6.84. The Hall–Kier alpha value is -1.35. The normalized spacial score (nSPS) is 25.0. The molecule has 1 aromatic rings. The molecule has 1 aromatic carbocycles. The van der Waals surface area contributed by atoms with Gasteiger partial charge < -0.3 is 10.6 Å². The van der Waals surface area contributed by atoms with Gasteiger partial charge in [0.15, 0.2) is 0 Å². The second kappa shape index (κ2) is 6.01. The SMILES string of the molecule is CCCN1C(=O)CCCC(N)C1c1ccccc1. The molecule has 1 aliphatic rings. The number of amides is 1. The summed E-state index contributed by atoms with van der Waals surface area (Å²) in [4.78, 5) is 14.2. The molecule has 0 spiro atoms. The molecule has 1 saturated heterocycles. The van der Waals surface area contributed by atoms with Crippen LogP contribution in [-0.4, -0.2) is 23.4 Å². The number of nitrogens with zero attached hydrogens (tertiary/aromatic N) is 1. The number of nitrogens with two attached hydrogens (primary N) is 1. The van der Waals surface area contributed by atoms with Gasteiger partial charge in [-0.1, -0.05) is 37.3 Å². The highest BCUT2D eigenvalue weighted by Gasteiger charge is 2.31. The van der Waals surface area contributed by atoms with Crippen LogP contribution in [0.2, 0.25) is 0 Å². The van der Waals surface area contributed by atoms with E-state index >= 15 is 0 Å². The van der Waals surface area contributed by atoms with Crippen LogP contribution in [-0.2, 0) is 4.79 Å². The van der Waals surface area contributed by atoms with Crippen molar-refractivity contribution in [3.63, 3.8) is 0 Å². The summed E-state index contributed by atoms with van der Waals surface area (Å²) in [6.45, 7) is 2.90. The third-order valence-corrected chi connectivity index (χ3v) is 3.60. The molecule has 1 fully saturated rings. The second-order valence-electron chi connectivity index (χ2n) is 5.00. The van der Waals surface area contributed by atoms with Gasteiger partial charge in [-0.2, -0.15) is 0 Å². The summed E-state index contributed by atoms with van der Waals surface area (Å²) in [5, 5.41) is 0. The second-order valence-corrected chi connectivity index (χ2v) is 5.00. The molecule has 0 aliphatic carbocycles. The number of likely N-dealkylation sites (tertiary alicyclic amines) is 1. The Balaban J connectivity index is 2.33. The van der Waals surface area contributed by atoms with Gasteiger partial charge in [0.05, 0.1) is 6.04 Å². The Kier molecular flexibility index (Phi) is 4.37. The molecule has 0 radical (unpaired) electrons. The molecule has 3 heteroatoms. The standard InChI is InChI=1S/C15H22N2O/c1-2-11-17-14(18)10-6-9-13(16)15(17)12-7-4-3-5-8-12/h3-5,7-8,13,15H,2,6,9-11,16H2,1H3. The van der Waals surface area contributed by atoms with E-state index in [0.717, 1.165) is 31.4 Å². The fraction of sp³-hybridized carbons (Fsp3) is 0.533. The molecule has 0 saturated carbocycles. The van der Waals surface area contributed by atoms with Gasteiger partial charge in [0, 0.05) is 19.0 Å². The van der Waals surface area contributed by atoms with Crippen molar-refractivity contribution in [2.75, 3.05) is 6.54 Å². The van der Waals surface area contributed by atoms with E-state index in [2.05, 4.69) is 19.1 Å². The highest BCUT2D eigenvalue weighted by molar-refractivity contribution is 5.77. The first kappa shape index (κ1) is 13.1. The molecule has 2 N–H and O–H groups in total. The summed E-state index contributed by atoms with van der Waals surface area (Å²) in [6, 6.07) is 10.3. The van der Waals surface area contributed by atoms with E-state index in [1.54, 1.807) is 0 Å². The van der Waals surface area contributed by atoms with Gasteiger partial charge >= 0.3 is 0 Å². The smallest absolute Gasteiger partial charge is 0.223 e. The Bertz CT molecular complexity index is 391. The van der Waals surface area contributed by atoms with E-state index < -0.39 is 0 Å². The molecule has 0 bridgehead atoms. The summed E-state index contributed by atoms with van der Waals surface area (Å²) in [5.74, 6) is 0.249. The van der Waals surface area contributed by atoms with Crippen LogP contribution in [0, 0.1) is 0 Å². The molecule has 2 rings (SSSR count). The fourth-order valence-electron chi connectivity index (χ4n) is 2.76. The van der Waals surface area contributed by atoms with Gasteiger partial charge in [-0.15, -0.1) is 0 Å². The van der Waals surface area contributed by atoms with Gasteiger partial charge in [-0.25, -0.2) is 0 Å². The maximum Gasteiger partial charge on any atom is 0.223 e. The van der Waals surface area contributed by atoms with Crippen molar-refractivity contribution in [1.82, 2.24) is 4.90 Å². The molecule has 1 amide bonds. The Morgan fingerprint density at radius 1 is 1.33 bits per heavy atom. The molecule has 0 aromatic heterocycles. The van der Waals surface area contributed by atoms with Crippen LogP contribution < -0.4 is 5.73 Å². The van der Waals surface area contributed by atoms with E-state index in [0.29, 0.717) is 6.42 Å². The topological polar surface area (TPSA) is 46.3 Å². The molecule has 3 nitrogen and oxygen atoms in total. The lowest BCUT2D eigenvalue weighted by atomic mass is 9.96. The van der Waals surface area contributed by atoms with Crippen molar-refractivity contribution < 1.29 is 4.79 Å². The summed E-state index contributed by atoms with van der Waals surface area (Å²) < 4.78 is 0. The summed E-state index contributed by atoms with van der Waals surface area (Å²) in [5.41, 5.74) is 7.46. The molecule has 1 aliphatic heterocycles. The zero-order chi connectivity index (χ0) is 13.0. The van der Waals surface area contributed by atoms with Crippen LogP contribution in [0.15, 0.2) is 30.3 Å². The van der Waals surface area contributed by atoms with Crippen LogP contribution in [0.25, 0.3) is 0 Å². The van der Waals surface area contributed by atoms with Crippen LogP contribution in [0.3, 0.4) is 0 Å². The Morgan fingerprint density at radius 2 is 2.06 bits per heavy atom. The quantitative estimate of drug-likeness (QED) is 0.890. The monoisotopic (exact) mass is 246 g/mol. The lowest BCUT2D eigenvalue weighted by Gasteiger charge is -2.33. The third kappa shape index (κ3) is 2.72. The summed E-state index contributed by atoms with van der Waals surface area (Å²) in [7, 11) is 0. The third-order valence-electron chi connectivity index (χ3n) is 3.60. The van der Waals surface area contributed by atoms with Crippen molar-refractivity contribution in [1.29, 1.82) is 0 Å². The van der Waals surface area contributed by atoms with Crippen molar-refractivity contribution in [3.8, 4) is 0 Å². The number of benzene rings is 1. The minimum absolute atomic E-state index is 0.0427. The number of carbonyl (C=O) groups excluding carboxylic acids is 1. The average molecular weight is 246 g/mol. The van der Waals surface area contributed by atoms with Gasteiger partial charge in [0.25, 0.3) is 0 Å². The molecule has 98 valence electrons. The van der Waals surface area contributed by atoms with Crippen LogP contribution in [0.4, 0.5) is 0 Å². The van der Waals surface area contributed by atoms with E-state index in [1.165, 1.54) is 0 Å². The van der Waals surface area contributed by atoms with E-state index in [4.69, 9.17) is 5.73 Å². The van der Waals surface area contributed by atoms with Gasteiger partial charge in [-0.3, -0.25) is 4.79 Å². The van der Waals surface area contributed by atoms with Gasteiger partial charge in [0.1, 0.15) is 0 Å². The van der Waals surface area contributed by atoms with Crippen LogP contribution >= 0.6 is 0 Å². The highest BCUT2D eigenvalue weighted by atomic mass is 16.2. The first-order valence-corrected chi connectivity index (χ1v) is 6.84. The fourth-order valence-corrected chi connectivity index (χ4v) is 2.76. The molecule has 2 atom stereocenters.